The molecule has 0 aliphatic carbocycles. The molecule has 0 spiro atoms. The number of anilines is 2. The standard InChI is InChI=1S/C18H20F3N3O/c1-3-24(4-2)16-9-5-14(6-10-16)13-22-23-15-7-11-17(12-8-15)25-18(19,20)21/h5-13,23H,3-4H2,1-2H3/b22-13+. The third-order valence-electron chi connectivity index (χ3n) is 3.52. The van der Waals surface area contributed by atoms with Gasteiger partial charge in [0.1, 0.15) is 5.75 Å². The van der Waals surface area contributed by atoms with Gasteiger partial charge in [-0.25, -0.2) is 0 Å². The second-order valence-electron chi connectivity index (χ2n) is 5.21. The molecule has 0 saturated heterocycles. The molecular formula is C18H20F3N3O. The van der Waals surface area contributed by atoms with Crippen molar-refractivity contribution in [3.63, 3.8) is 0 Å². The molecule has 2 aromatic carbocycles. The number of ether oxygens (including phenoxy) is 1. The van der Waals surface area contributed by atoms with Crippen molar-refractivity contribution in [3.05, 3.63) is 54.1 Å². The maximum Gasteiger partial charge on any atom is 0.573 e. The van der Waals surface area contributed by atoms with E-state index in [1.807, 2.05) is 24.3 Å². The van der Waals surface area contributed by atoms with Gasteiger partial charge < -0.3 is 9.64 Å². The molecule has 1 N–H and O–H groups in total. The van der Waals surface area contributed by atoms with Crippen LogP contribution in [0.2, 0.25) is 0 Å². The van der Waals surface area contributed by atoms with E-state index >= 15 is 0 Å². The summed E-state index contributed by atoms with van der Waals surface area (Å²) in [6.07, 6.45) is -3.05. The molecule has 2 aromatic rings. The van der Waals surface area contributed by atoms with E-state index in [1.165, 1.54) is 24.3 Å². The van der Waals surface area contributed by atoms with Crippen molar-refractivity contribution in [1.29, 1.82) is 0 Å². The Labute approximate surface area is 144 Å². The molecular weight excluding hydrogens is 331 g/mol. The zero-order valence-electron chi connectivity index (χ0n) is 14.0. The van der Waals surface area contributed by atoms with Crippen molar-refractivity contribution in [3.8, 4) is 5.75 Å². The van der Waals surface area contributed by atoms with Gasteiger partial charge in [0.05, 0.1) is 11.9 Å². The number of alkyl halides is 3. The molecule has 134 valence electrons. The number of halogens is 3. The fourth-order valence-corrected chi connectivity index (χ4v) is 2.27. The normalized spacial score (nSPS) is 11.6. The first-order valence-electron chi connectivity index (χ1n) is 7.91. The van der Waals surface area contributed by atoms with Gasteiger partial charge in [-0.15, -0.1) is 13.2 Å². The van der Waals surface area contributed by atoms with Crippen LogP contribution in [0.3, 0.4) is 0 Å². The Morgan fingerprint density at radius 3 is 2.12 bits per heavy atom. The second-order valence-corrected chi connectivity index (χ2v) is 5.21. The van der Waals surface area contributed by atoms with Crippen LogP contribution >= 0.6 is 0 Å². The fourth-order valence-electron chi connectivity index (χ4n) is 2.27. The summed E-state index contributed by atoms with van der Waals surface area (Å²) in [6, 6.07) is 13.3. The molecule has 2 rings (SSSR count). The summed E-state index contributed by atoms with van der Waals surface area (Å²) < 4.78 is 40.1. The molecule has 0 aromatic heterocycles. The van der Waals surface area contributed by atoms with Crippen molar-refractivity contribution >= 4 is 17.6 Å². The average Bonchev–Trinajstić information content (AvgIpc) is 2.57. The lowest BCUT2D eigenvalue weighted by Gasteiger charge is -2.20. The molecule has 0 saturated carbocycles. The summed E-state index contributed by atoms with van der Waals surface area (Å²) in [7, 11) is 0. The van der Waals surface area contributed by atoms with Gasteiger partial charge in [0.15, 0.2) is 0 Å². The van der Waals surface area contributed by atoms with Crippen LogP contribution in [0.5, 0.6) is 5.75 Å². The van der Waals surface area contributed by atoms with Gasteiger partial charge in [-0.05, 0) is 55.8 Å². The third kappa shape index (κ3) is 6.02. The topological polar surface area (TPSA) is 36.9 Å². The number of hydrazone groups is 1. The molecule has 0 radical (unpaired) electrons. The van der Waals surface area contributed by atoms with Gasteiger partial charge in [-0.2, -0.15) is 5.10 Å². The van der Waals surface area contributed by atoms with Gasteiger partial charge >= 0.3 is 6.36 Å². The quantitative estimate of drug-likeness (QED) is 0.571. The number of nitrogens with zero attached hydrogens (tertiary/aromatic N) is 2. The van der Waals surface area contributed by atoms with Crippen molar-refractivity contribution in [2.75, 3.05) is 23.4 Å². The Morgan fingerprint density at radius 2 is 1.60 bits per heavy atom. The molecule has 0 amide bonds. The highest BCUT2D eigenvalue weighted by Crippen LogP contribution is 2.23. The van der Waals surface area contributed by atoms with Gasteiger partial charge in [0, 0.05) is 18.8 Å². The van der Waals surface area contributed by atoms with E-state index in [9.17, 15) is 13.2 Å². The van der Waals surface area contributed by atoms with Gasteiger partial charge in [-0.1, -0.05) is 12.1 Å². The SMILES string of the molecule is CCN(CC)c1ccc(/C=N/Nc2ccc(OC(F)(F)F)cc2)cc1. The molecule has 0 bridgehead atoms. The lowest BCUT2D eigenvalue weighted by atomic mass is 10.2. The molecule has 0 aliphatic heterocycles. The van der Waals surface area contributed by atoms with Crippen LogP contribution in [0, 0.1) is 0 Å². The molecule has 0 unspecified atom stereocenters. The van der Waals surface area contributed by atoms with Gasteiger partial charge in [0.2, 0.25) is 0 Å². The predicted molar refractivity (Wildman–Crippen MR) is 94.3 cm³/mol. The lowest BCUT2D eigenvalue weighted by molar-refractivity contribution is -0.274. The minimum atomic E-state index is -4.69. The Balaban J connectivity index is 1.92. The summed E-state index contributed by atoms with van der Waals surface area (Å²) >= 11 is 0. The molecule has 7 heteroatoms. The average molecular weight is 351 g/mol. The van der Waals surface area contributed by atoms with E-state index in [1.54, 1.807) is 6.21 Å². The number of hydrogen-bond donors (Lipinski definition) is 1. The van der Waals surface area contributed by atoms with Gasteiger partial charge in [0.25, 0.3) is 0 Å². The monoisotopic (exact) mass is 351 g/mol. The minimum absolute atomic E-state index is 0.269. The summed E-state index contributed by atoms with van der Waals surface area (Å²) in [6.45, 7) is 6.10. The van der Waals surface area contributed by atoms with Crippen molar-refractivity contribution in [2.24, 2.45) is 5.10 Å². The predicted octanol–water partition coefficient (Wildman–Crippen LogP) is 4.88. The number of hydrogen-bond acceptors (Lipinski definition) is 4. The van der Waals surface area contributed by atoms with Crippen molar-refractivity contribution < 1.29 is 17.9 Å². The smallest absolute Gasteiger partial charge is 0.406 e. The Hall–Kier alpha value is -2.70. The Kier molecular flexibility index (Phi) is 6.27. The number of nitrogens with one attached hydrogen (secondary N) is 1. The maximum absolute atomic E-state index is 12.1. The molecule has 0 aliphatic rings. The summed E-state index contributed by atoms with van der Waals surface area (Å²) in [5.41, 5.74) is 5.39. The maximum atomic E-state index is 12.1. The van der Waals surface area contributed by atoms with Crippen molar-refractivity contribution in [1.82, 2.24) is 0 Å². The van der Waals surface area contributed by atoms with Crippen LogP contribution in [-0.2, 0) is 0 Å². The van der Waals surface area contributed by atoms with Crippen LogP contribution in [-0.4, -0.2) is 25.7 Å². The largest absolute Gasteiger partial charge is 0.573 e. The van der Waals surface area contributed by atoms with Crippen LogP contribution < -0.4 is 15.1 Å². The van der Waals surface area contributed by atoms with E-state index < -0.39 is 6.36 Å². The summed E-state index contributed by atoms with van der Waals surface area (Å²) in [5.74, 6) is -0.269. The first kappa shape index (κ1) is 18.6. The van der Waals surface area contributed by atoms with E-state index in [-0.39, 0.29) is 5.75 Å². The molecule has 25 heavy (non-hydrogen) atoms. The lowest BCUT2D eigenvalue weighted by Crippen LogP contribution is -2.21. The van der Waals surface area contributed by atoms with E-state index in [2.05, 4.69) is 34.0 Å². The van der Waals surface area contributed by atoms with Crippen LogP contribution in [0.1, 0.15) is 19.4 Å². The molecule has 4 nitrogen and oxygen atoms in total. The number of benzene rings is 2. The summed E-state index contributed by atoms with van der Waals surface area (Å²) in [5, 5.41) is 4.08. The summed E-state index contributed by atoms with van der Waals surface area (Å²) in [4.78, 5) is 2.24. The van der Waals surface area contributed by atoms with Crippen molar-refractivity contribution in [2.45, 2.75) is 20.2 Å². The highest BCUT2D eigenvalue weighted by Gasteiger charge is 2.30. The Bertz CT molecular complexity index is 678. The second kappa shape index (κ2) is 8.41. The molecule has 0 fully saturated rings. The number of rotatable bonds is 7. The third-order valence-corrected chi connectivity index (χ3v) is 3.52. The zero-order valence-corrected chi connectivity index (χ0v) is 14.0. The molecule has 0 atom stereocenters. The highest BCUT2D eigenvalue weighted by molar-refractivity contribution is 5.81. The zero-order chi connectivity index (χ0) is 18.3. The van der Waals surface area contributed by atoms with Crippen LogP contribution in [0.4, 0.5) is 24.5 Å². The minimum Gasteiger partial charge on any atom is -0.406 e. The van der Waals surface area contributed by atoms with Crippen LogP contribution in [0.15, 0.2) is 53.6 Å². The van der Waals surface area contributed by atoms with Gasteiger partial charge in [-0.3, -0.25) is 5.43 Å². The Morgan fingerprint density at radius 1 is 1.00 bits per heavy atom. The first-order chi connectivity index (χ1) is 11.9. The van der Waals surface area contributed by atoms with E-state index in [4.69, 9.17) is 0 Å². The van der Waals surface area contributed by atoms with Crippen LogP contribution in [0.25, 0.3) is 0 Å². The highest BCUT2D eigenvalue weighted by atomic mass is 19.4. The fraction of sp³-hybridized carbons (Fsp3) is 0.278. The first-order valence-corrected chi connectivity index (χ1v) is 7.91. The molecule has 0 heterocycles. The van der Waals surface area contributed by atoms with E-state index in [0.29, 0.717) is 5.69 Å². The van der Waals surface area contributed by atoms with E-state index in [0.717, 1.165) is 24.3 Å².